The lowest BCUT2D eigenvalue weighted by molar-refractivity contribution is -0.113. The fourth-order valence-electron chi connectivity index (χ4n) is 0.608. The minimum atomic E-state index is -0.00606. The Hall–Kier alpha value is 0.370. The first-order valence-electron chi connectivity index (χ1n) is 3.44. The first kappa shape index (κ1) is 10.4. The zero-order valence-corrected chi connectivity index (χ0v) is 8.34. The second kappa shape index (κ2) is 5.08. The van der Waals surface area contributed by atoms with E-state index >= 15 is 0 Å². The number of carbonyl (C=O) groups is 1. The minimum absolute atomic E-state index is 0.00606. The summed E-state index contributed by atoms with van der Waals surface area (Å²) in [6, 6.07) is 0. The molecule has 10 heavy (non-hydrogen) atoms. The molecule has 2 unspecified atom stereocenters. The maximum atomic E-state index is 10.7. The summed E-state index contributed by atoms with van der Waals surface area (Å²) >= 11 is 5.57. The van der Waals surface area contributed by atoms with Crippen LogP contribution in [-0.2, 0) is 4.79 Å². The van der Waals surface area contributed by atoms with E-state index in [4.69, 9.17) is 0 Å². The summed E-state index contributed by atoms with van der Waals surface area (Å²) in [6.07, 6.45) is 0. The quantitative estimate of drug-likeness (QED) is 0.665. The Labute approximate surface area is 72.4 Å². The highest BCUT2D eigenvalue weighted by Crippen LogP contribution is 2.20. The Balaban J connectivity index is 3.69. The molecule has 60 valence electrons. The topological polar surface area (TPSA) is 17.1 Å². The van der Waals surface area contributed by atoms with Crippen LogP contribution < -0.4 is 0 Å². The van der Waals surface area contributed by atoms with E-state index in [-0.39, 0.29) is 11.0 Å². The van der Waals surface area contributed by atoms with Gasteiger partial charge in [0, 0.05) is 11.2 Å². The number of thiol groups is 1. The highest BCUT2D eigenvalue weighted by molar-refractivity contribution is 8.00. The van der Waals surface area contributed by atoms with Crippen LogP contribution in [0.1, 0.15) is 20.8 Å². The average molecular weight is 178 g/mol. The van der Waals surface area contributed by atoms with Crippen molar-refractivity contribution in [2.45, 2.75) is 26.0 Å². The smallest absolute Gasteiger partial charge is 0.189 e. The molecule has 0 N–H and O–H groups in total. The Bertz CT molecular complexity index is 114. The zero-order valence-electron chi connectivity index (χ0n) is 6.63. The summed E-state index contributed by atoms with van der Waals surface area (Å²) in [6.45, 7) is 6.08. The molecule has 1 nitrogen and oxygen atoms in total. The molecule has 0 bridgehead atoms. The van der Waals surface area contributed by atoms with Gasteiger partial charge in [-0.1, -0.05) is 20.8 Å². The van der Waals surface area contributed by atoms with Crippen molar-refractivity contribution in [3.8, 4) is 0 Å². The summed E-state index contributed by atoms with van der Waals surface area (Å²) in [7, 11) is 0. The average Bonchev–Trinajstić information content (AvgIpc) is 1.87. The van der Waals surface area contributed by atoms with Crippen LogP contribution in [-0.4, -0.2) is 16.1 Å². The fraction of sp³-hybridized carbons (Fsp3) is 0.857. The molecule has 0 spiro atoms. The van der Waals surface area contributed by atoms with Gasteiger partial charge in [0.1, 0.15) is 0 Å². The summed E-state index contributed by atoms with van der Waals surface area (Å²) in [5.41, 5.74) is 0. The molecule has 0 rings (SSSR count). The molecule has 0 aliphatic heterocycles. The van der Waals surface area contributed by atoms with Crippen molar-refractivity contribution in [3.05, 3.63) is 0 Å². The fourth-order valence-corrected chi connectivity index (χ4v) is 1.87. The summed E-state index contributed by atoms with van der Waals surface area (Å²) < 4.78 is 0. The molecule has 0 heterocycles. The van der Waals surface area contributed by atoms with Crippen molar-refractivity contribution < 1.29 is 4.79 Å². The van der Waals surface area contributed by atoms with Gasteiger partial charge in [0.2, 0.25) is 0 Å². The summed E-state index contributed by atoms with van der Waals surface area (Å²) in [4.78, 5) is 10.7. The van der Waals surface area contributed by atoms with E-state index in [2.05, 4.69) is 26.5 Å². The van der Waals surface area contributed by atoms with E-state index in [9.17, 15) is 4.79 Å². The SMILES string of the molecule is CCSC(C)C(C)C(=O)S. The predicted molar refractivity (Wildman–Crippen MR) is 50.8 cm³/mol. The van der Waals surface area contributed by atoms with Crippen molar-refractivity contribution in [1.82, 2.24) is 0 Å². The van der Waals surface area contributed by atoms with E-state index < -0.39 is 0 Å². The molecule has 0 amide bonds. The molecule has 0 aromatic rings. The number of hydrogen-bond donors (Lipinski definition) is 1. The van der Waals surface area contributed by atoms with Gasteiger partial charge in [-0.2, -0.15) is 11.8 Å². The van der Waals surface area contributed by atoms with Crippen molar-refractivity contribution in [2.75, 3.05) is 5.75 Å². The van der Waals surface area contributed by atoms with Gasteiger partial charge in [-0.05, 0) is 5.75 Å². The number of thioether (sulfide) groups is 1. The molecule has 0 aliphatic carbocycles. The third kappa shape index (κ3) is 3.52. The van der Waals surface area contributed by atoms with Crippen LogP contribution in [0.3, 0.4) is 0 Å². The van der Waals surface area contributed by atoms with E-state index in [1.807, 2.05) is 6.92 Å². The highest BCUT2D eigenvalue weighted by atomic mass is 32.2. The molecular weight excluding hydrogens is 164 g/mol. The molecule has 0 aromatic heterocycles. The van der Waals surface area contributed by atoms with Gasteiger partial charge in [-0.15, -0.1) is 12.6 Å². The molecule has 0 saturated carbocycles. The van der Waals surface area contributed by atoms with E-state index in [0.29, 0.717) is 5.25 Å². The van der Waals surface area contributed by atoms with Crippen molar-refractivity contribution in [3.63, 3.8) is 0 Å². The normalized spacial score (nSPS) is 16.4. The van der Waals surface area contributed by atoms with E-state index in [1.54, 1.807) is 11.8 Å². The first-order valence-corrected chi connectivity index (χ1v) is 4.93. The third-order valence-electron chi connectivity index (χ3n) is 1.52. The third-order valence-corrected chi connectivity index (χ3v) is 3.20. The Morgan fingerprint density at radius 3 is 2.40 bits per heavy atom. The van der Waals surface area contributed by atoms with Gasteiger partial charge in [0.25, 0.3) is 0 Å². The molecular formula is C7H14OS2. The molecule has 2 atom stereocenters. The van der Waals surface area contributed by atoms with E-state index in [0.717, 1.165) is 5.75 Å². The van der Waals surface area contributed by atoms with Gasteiger partial charge in [0.05, 0.1) is 0 Å². The summed E-state index contributed by atoms with van der Waals surface area (Å²) in [5, 5.41) is 0.392. The van der Waals surface area contributed by atoms with Crippen LogP contribution in [0.2, 0.25) is 0 Å². The lowest BCUT2D eigenvalue weighted by Crippen LogP contribution is -2.16. The van der Waals surface area contributed by atoms with Crippen LogP contribution in [0.5, 0.6) is 0 Å². The van der Waals surface area contributed by atoms with Crippen molar-refractivity contribution in [1.29, 1.82) is 0 Å². The standard InChI is InChI=1S/C7H14OS2/c1-4-10-6(3)5(2)7(8)9/h5-6H,4H2,1-3H3,(H,8,9). The van der Waals surface area contributed by atoms with Crippen LogP contribution in [0.25, 0.3) is 0 Å². The highest BCUT2D eigenvalue weighted by Gasteiger charge is 2.16. The van der Waals surface area contributed by atoms with Gasteiger partial charge < -0.3 is 0 Å². The monoisotopic (exact) mass is 178 g/mol. The van der Waals surface area contributed by atoms with Crippen LogP contribution >= 0.6 is 24.4 Å². The Morgan fingerprint density at radius 1 is 1.60 bits per heavy atom. The van der Waals surface area contributed by atoms with Crippen LogP contribution in [0, 0.1) is 5.92 Å². The van der Waals surface area contributed by atoms with Crippen LogP contribution in [0.15, 0.2) is 0 Å². The Morgan fingerprint density at radius 2 is 2.10 bits per heavy atom. The Kier molecular flexibility index (Phi) is 5.27. The lowest BCUT2D eigenvalue weighted by Gasteiger charge is -2.14. The number of hydrogen-bond acceptors (Lipinski definition) is 2. The maximum Gasteiger partial charge on any atom is 0.189 e. The largest absolute Gasteiger partial charge is 0.287 e. The number of rotatable bonds is 4. The maximum absolute atomic E-state index is 10.7. The van der Waals surface area contributed by atoms with Gasteiger partial charge in [0.15, 0.2) is 5.12 Å². The second-order valence-electron chi connectivity index (χ2n) is 2.29. The minimum Gasteiger partial charge on any atom is -0.287 e. The first-order chi connectivity index (χ1) is 4.59. The van der Waals surface area contributed by atoms with Gasteiger partial charge >= 0.3 is 0 Å². The molecule has 3 heteroatoms. The molecule has 0 saturated heterocycles. The van der Waals surface area contributed by atoms with E-state index in [1.165, 1.54) is 0 Å². The molecule has 0 fully saturated rings. The predicted octanol–water partition coefficient (Wildman–Crippen LogP) is 2.22. The molecule has 0 aromatic carbocycles. The van der Waals surface area contributed by atoms with Crippen LogP contribution in [0.4, 0.5) is 0 Å². The zero-order chi connectivity index (χ0) is 8.15. The van der Waals surface area contributed by atoms with Crippen molar-refractivity contribution in [2.24, 2.45) is 5.92 Å². The van der Waals surface area contributed by atoms with Gasteiger partial charge in [-0.25, -0.2) is 0 Å². The summed E-state index contributed by atoms with van der Waals surface area (Å²) in [5.74, 6) is 1.14. The lowest BCUT2D eigenvalue weighted by atomic mass is 10.1. The second-order valence-corrected chi connectivity index (χ2v) is 4.38. The van der Waals surface area contributed by atoms with Crippen molar-refractivity contribution >= 4 is 29.5 Å². The number of carbonyl (C=O) groups excluding carboxylic acids is 1. The molecule has 0 radical (unpaired) electrons. The van der Waals surface area contributed by atoms with Gasteiger partial charge in [-0.3, -0.25) is 4.79 Å². The molecule has 0 aliphatic rings.